The van der Waals surface area contributed by atoms with E-state index in [0.29, 0.717) is 6.61 Å². The van der Waals surface area contributed by atoms with Crippen LogP contribution in [0.4, 0.5) is 0 Å². The molecule has 0 N–H and O–H groups in total. The van der Waals surface area contributed by atoms with Gasteiger partial charge in [-0.1, -0.05) is 48.5 Å². The normalized spacial score (nSPS) is 10.4. The third-order valence-corrected chi connectivity index (χ3v) is 4.21. The first kappa shape index (κ1) is 12.9. The highest BCUT2D eigenvalue weighted by molar-refractivity contribution is 7.15. The Bertz CT molecular complexity index is 677. The molecule has 20 heavy (non-hydrogen) atoms. The second kappa shape index (κ2) is 5.88. The lowest BCUT2D eigenvalue weighted by atomic mass is 10.2. The number of aromatic nitrogens is 1. The highest BCUT2D eigenvalue weighted by Gasteiger charge is 2.09. The molecule has 2 nitrogen and oxygen atoms in total. The third-order valence-electron chi connectivity index (χ3n) is 3.03. The number of hydrogen-bond acceptors (Lipinski definition) is 3. The molecule has 0 aliphatic heterocycles. The average molecular weight is 281 g/mol. The maximum absolute atomic E-state index is 5.79. The van der Waals surface area contributed by atoms with Crippen LogP contribution in [-0.2, 0) is 6.61 Å². The van der Waals surface area contributed by atoms with Crippen LogP contribution in [0.3, 0.4) is 0 Å². The molecule has 0 radical (unpaired) electrons. The number of ether oxygens (including phenoxy) is 1. The standard InChI is InChI=1S/C17H15NOS/c1-13-16(12-19-15-10-6-3-7-11-15)20-17(18-13)14-8-4-2-5-9-14/h2-11H,12H2,1H3. The third kappa shape index (κ3) is 2.89. The van der Waals surface area contributed by atoms with Gasteiger partial charge in [-0.2, -0.15) is 0 Å². The summed E-state index contributed by atoms with van der Waals surface area (Å²) in [5.41, 5.74) is 2.20. The second-order valence-electron chi connectivity index (χ2n) is 4.50. The Morgan fingerprint density at radius 2 is 1.60 bits per heavy atom. The van der Waals surface area contributed by atoms with Crippen molar-refractivity contribution in [3.63, 3.8) is 0 Å². The van der Waals surface area contributed by atoms with E-state index in [9.17, 15) is 0 Å². The van der Waals surface area contributed by atoms with Gasteiger partial charge in [0.15, 0.2) is 0 Å². The number of rotatable bonds is 4. The fourth-order valence-electron chi connectivity index (χ4n) is 1.93. The van der Waals surface area contributed by atoms with E-state index in [2.05, 4.69) is 17.1 Å². The smallest absolute Gasteiger partial charge is 0.124 e. The highest BCUT2D eigenvalue weighted by atomic mass is 32.1. The van der Waals surface area contributed by atoms with Crippen molar-refractivity contribution in [2.45, 2.75) is 13.5 Å². The van der Waals surface area contributed by atoms with Gasteiger partial charge in [-0.3, -0.25) is 0 Å². The Morgan fingerprint density at radius 1 is 0.950 bits per heavy atom. The van der Waals surface area contributed by atoms with Crippen molar-refractivity contribution in [3.05, 3.63) is 71.2 Å². The van der Waals surface area contributed by atoms with Crippen LogP contribution < -0.4 is 4.74 Å². The Kier molecular flexibility index (Phi) is 3.79. The first-order chi connectivity index (χ1) is 9.83. The molecule has 0 fully saturated rings. The van der Waals surface area contributed by atoms with Gasteiger partial charge in [0, 0.05) is 5.56 Å². The highest BCUT2D eigenvalue weighted by Crippen LogP contribution is 2.28. The summed E-state index contributed by atoms with van der Waals surface area (Å²) < 4.78 is 5.79. The molecule has 0 saturated carbocycles. The summed E-state index contributed by atoms with van der Waals surface area (Å²) in [6.45, 7) is 2.60. The minimum absolute atomic E-state index is 0.570. The molecule has 3 rings (SSSR count). The monoisotopic (exact) mass is 281 g/mol. The molecule has 0 atom stereocenters. The van der Waals surface area contributed by atoms with Crippen LogP contribution in [-0.4, -0.2) is 4.98 Å². The van der Waals surface area contributed by atoms with Crippen LogP contribution in [0, 0.1) is 6.92 Å². The Labute approximate surface area is 122 Å². The Balaban J connectivity index is 1.76. The summed E-state index contributed by atoms with van der Waals surface area (Å²) in [7, 11) is 0. The summed E-state index contributed by atoms with van der Waals surface area (Å²) in [4.78, 5) is 5.81. The van der Waals surface area contributed by atoms with E-state index in [-0.39, 0.29) is 0 Å². The van der Waals surface area contributed by atoms with Gasteiger partial charge in [0.2, 0.25) is 0 Å². The maximum Gasteiger partial charge on any atom is 0.124 e. The van der Waals surface area contributed by atoms with Crippen LogP contribution >= 0.6 is 11.3 Å². The van der Waals surface area contributed by atoms with E-state index in [4.69, 9.17) is 4.74 Å². The van der Waals surface area contributed by atoms with Gasteiger partial charge in [0.05, 0.1) is 10.6 Å². The fourth-order valence-corrected chi connectivity index (χ4v) is 2.91. The van der Waals surface area contributed by atoms with Gasteiger partial charge < -0.3 is 4.74 Å². The molecule has 0 aliphatic carbocycles. The molecule has 0 saturated heterocycles. The lowest BCUT2D eigenvalue weighted by molar-refractivity contribution is 0.309. The van der Waals surface area contributed by atoms with Gasteiger partial charge in [0.25, 0.3) is 0 Å². The summed E-state index contributed by atoms with van der Waals surface area (Å²) in [6, 6.07) is 20.1. The van der Waals surface area contributed by atoms with Gasteiger partial charge >= 0.3 is 0 Å². The van der Waals surface area contributed by atoms with Crippen molar-refractivity contribution >= 4 is 11.3 Å². The van der Waals surface area contributed by atoms with Crippen LogP contribution in [0.5, 0.6) is 5.75 Å². The van der Waals surface area contributed by atoms with E-state index < -0.39 is 0 Å². The summed E-state index contributed by atoms with van der Waals surface area (Å²) in [5.74, 6) is 0.890. The molecule has 0 bridgehead atoms. The number of benzene rings is 2. The average Bonchev–Trinajstić information content (AvgIpc) is 2.88. The number of nitrogens with zero attached hydrogens (tertiary/aromatic N) is 1. The van der Waals surface area contributed by atoms with Crippen molar-refractivity contribution in [2.75, 3.05) is 0 Å². The lowest BCUT2D eigenvalue weighted by Crippen LogP contribution is -1.94. The molecule has 0 aliphatic rings. The SMILES string of the molecule is Cc1nc(-c2ccccc2)sc1COc1ccccc1. The first-order valence-electron chi connectivity index (χ1n) is 6.52. The van der Waals surface area contributed by atoms with Crippen molar-refractivity contribution in [1.82, 2.24) is 4.98 Å². The van der Waals surface area contributed by atoms with Gasteiger partial charge in [-0.25, -0.2) is 4.98 Å². The lowest BCUT2D eigenvalue weighted by Gasteiger charge is -2.03. The van der Waals surface area contributed by atoms with E-state index >= 15 is 0 Å². The molecule has 1 aromatic heterocycles. The van der Waals surface area contributed by atoms with Gasteiger partial charge in [-0.05, 0) is 19.1 Å². The molecular weight excluding hydrogens is 266 g/mol. The molecule has 2 aromatic carbocycles. The second-order valence-corrected chi connectivity index (χ2v) is 5.58. The van der Waals surface area contributed by atoms with Crippen molar-refractivity contribution in [3.8, 4) is 16.3 Å². The molecule has 1 heterocycles. The van der Waals surface area contributed by atoms with Crippen LogP contribution in [0.2, 0.25) is 0 Å². The number of hydrogen-bond donors (Lipinski definition) is 0. The topological polar surface area (TPSA) is 22.1 Å². The predicted octanol–water partition coefficient (Wildman–Crippen LogP) is 4.70. The van der Waals surface area contributed by atoms with E-state index in [1.807, 2.05) is 55.5 Å². The largest absolute Gasteiger partial charge is 0.488 e. The number of aryl methyl sites for hydroxylation is 1. The van der Waals surface area contributed by atoms with E-state index in [0.717, 1.165) is 22.0 Å². The van der Waals surface area contributed by atoms with Gasteiger partial charge in [0.1, 0.15) is 17.4 Å². The van der Waals surface area contributed by atoms with Crippen molar-refractivity contribution < 1.29 is 4.74 Å². The number of para-hydroxylation sites is 1. The summed E-state index contributed by atoms with van der Waals surface area (Å²) in [6.07, 6.45) is 0. The molecule has 100 valence electrons. The molecule has 0 amide bonds. The first-order valence-corrected chi connectivity index (χ1v) is 7.34. The predicted molar refractivity (Wildman–Crippen MR) is 83.1 cm³/mol. The fraction of sp³-hybridized carbons (Fsp3) is 0.118. The molecular formula is C17H15NOS. The Hall–Kier alpha value is -2.13. The summed E-state index contributed by atoms with van der Waals surface area (Å²) >= 11 is 1.70. The van der Waals surface area contributed by atoms with Gasteiger partial charge in [-0.15, -0.1) is 11.3 Å². The molecule has 3 heteroatoms. The minimum atomic E-state index is 0.570. The minimum Gasteiger partial charge on any atom is -0.488 e. The zero-order valence-electron chi connectivity index (χ0n) is 11.2. The quantitative estimate of drug-likeness (QED) is 0.691. The van der Waals surface area contributed by atoms with E-state index in [1.54, 1.807) is 11.3 Å². The number of thiazole rings is 1. The summed E-state index contributed by atoms with van der Waals surface area (Å²) in [5, 5.41) is 1.05. The molecule has 3 aromatic rings. The van der Waals surface area contributed by atoms with E-state index in [1.165, 1.54) is 4.88 Å². The molecule has 0 spiro atoms. The zero-order chi connectivity index (χ0) is 13.8. The maximum atomic E-state index is 5.79. The van der Waals surface area contributed by atoms with Crippen LogP contribution in [0.15, 0.2) is 60.7 Å². The van der Waals surface area contributed by atoms with Crippen LogP contribution in [0.1, 0.15) is 10.6 Å². The van der Waals surface area contributed by atoms with Crippen molar-refractivity contribution in [1.29, 1.82) is 0 Å². The van der Waals surface area contributed by atoms with Crippen molar-refractivity contribution in [2.24, 2.45) is 0 Å². The van der Waals surface area contributed by atoms with Crippen LogP contribution in [0.25, 0.3) is 10.6 Å². The molecule has 0 unspecified atom stereocenters. The zero-order valence-corrected chi connectivity index (χ0v) is 12.1. The Morgan fingerprint density at radius 3 is 2.30 bits per heavy atom.